The molecular weight excluding hydrogens is 277 g/mol. The number of aryl methyl sites for hydroxylation is 1. The molecular formula is C19H20FNO. The highest BCUT2D eigenvalue weighted by Crippen LogP contribution is 2.14. The van der Waals surface area contributed by atoms with Crippen molar-refractivity contribution < 1.29 is 9.18 Å². The summed E-state index contributed by atoms with van der Waals surface area (Å²) < 4.78 is 12.8. The van der Waals surface area contributed by atoms with Crippen LogP contribution in [0.25, 0.3) is 6.08 Å². The van der Waals surface area contributed by atoms with Crippen LogP contribution in [0.15, 0.2) is 54.6 Å². The smallest absolute Gasteiger partial charge is 0.244 e. The molecule has 0 saturated carbocycles. The molecule has 2 aromatic rings. The van der Waals surface area contributed by atoms with E-state index in [1.807, 2.05) is 19.1 Å². The van der Waals surface area contributed by atoms with Crippen LogP contribution in [0.5, 0.6) is 0 Å². The van der Waals surface area contributed by atoms with Crippen LogP contribution in [0.1, 0.15) is 36.6 Å². The molecule has 0 aliphatic rings. The van der Waals surface area contributed by atoms with Crippen molar-refractivity contribution in [3.05, 3.63) is 77.1 Å². The van der Waals surface area contributed by atoms with E-state index >= 15 is 0 Å². The average Bonchev–Trinajstić information content (AvgIpc) is 2.54. The lowest BCUT2D eigenvalue weighted by molar-refractivity contribution is -0.117. The van der Waals surface area contributed by atoms with Gasteiger partial charge in [0.25, 0.3) is 0 Å². The van der Waals surface area contributed by atoms with Crippen LogP contribution in [0.2, 0.25) is 0 Å². The van der Waals surface area contributed by atoms with E-state index in [0.717, 1.165) is 17.5 Å². The number of benzene rings is 2. The zero-order chi connectivity index (χ0) is 15.9. The number of rotatable bonds is 5. The van der Waals surface area contributed by atoms with Crippen LogP contribution in [0.4, 0.5) is 4.39 Å². The van der Waals surface area contributed by atoms with E-state index in [1.54, 1.807) is 18.2 Å². The Labute approximate surface area is 130 Å². The summed E-state index contributed by atoms with van der Waals surface area (Å²) in [5.41, 5.74) is 3.13. The van der Waals surface area contributed by atoms with Crippen molar-refractivity contribution in [1.82, 2.24) is 5.32 Å². The summed E-state index contributed by atoms with van der Waals surface area (Å²) in [6.07, 6.45) is 4.13. The number of hydrogen-bond donors (Lipinski definition) is 1. The minimum Gasteiger partial charge on any atom is -0.346 e. The van der Waals surface area contributed by atoms with Crippen molar-refractivity contribution in [1.29, 1.82) is 0 Å². The molecule has 0 bridgehead atoms. The first-order chi connectivity index (χ1) is 10.6. The van der Waals surface area contributed by atoms with Crippen molar-refractivity contribution in [2.75, 3.05) is 0 Å². The van der Waals surface area contributed by atoms with E-state index in [9.17, 15) is 9.18 Å². The van der Waals surface area contributed by atoms with Crippen molar-refractivity contribution in [3.8, 4) is 0 Å². The van der Waals surface area contributed by atoms with Gasteiger partial charge >= 0.3 is 0 Å². The summed E-state index contributed by atoms with van der Waals surface area (Å²) in [5, 5.41) is 2.92. The van der Waals surface area contributed by atoms with Gasteiger partial charge in [0.05, 0.1) is 6.04 Å². The lowest BCUT2D eigenvalue weighted by Gasteiger charge is -2.13. The molecule has 2 aromatic carbocycles. The van der Waals surface area contributed by atoms with Gasteiger partial charge in [-0.1, -0.05) is 43.3 Å². The average molecular weight is 297 g/mol. The fourth-order valence-corrected chi connectivity index (χ4v) is 2.13. The lowest BCUT2D eigenvalue weighted by atomic mass is 10.0. The van der Waals surface area contributed by atoms with Gasteiger partial charge in [-0.15, -0.1) is 0 Å². The molecule has 0 aromatic heterocycles. The molecule has 1 N–H and O–H groups in total. The molecule has 0 heterocycles. The fourth-order valence-electron chi connectivity index (χ4n) is 2.13. The van der Waals surface area contributed by atoms with Gasteiger partial charge in [-0.05, 0) is 48.2 Å². The van der Waals surface area contributed by atoms with E-state index in [1.165, 1.54) is 23.8 Å². The second-order valence-corrected chi connectivity index (χ2v) is 5.21. The number of hydrogen-bond acceptors (Lipinski definition) is 1. The Kier molecular flexibility index (Phi) is 5.48. The maximum Gasteiger partial charge on any atom is 0.244 e. The van der Waals surface area contributed by atoms with Gasteiger partial charge in [0.15, 0.2) is 0 Å². The van der Waals surface area contributed by atoms with Crippen LogP contribution >= 0.6 is 0 Å². The maximum atomic E-state index is 12.8. The highest BCUT2D eigenvalue weighted by atomic mass is 19.1. The molecule has 114 valence electrons. The van der Waals surface area contributed by atoms with Gasteiger partial charge in [0, 0.05) is 6.08 Å². The molecule has 0 aliphatic heterocycles. The molecule has 0 radical (unpaired) electrons. The van der Waals surface area contributed by atoms with Gasteiger partial charge in [0.1, 0.15) is 5.82 Å². The van der Waals surface area contributed by atoms with Crippen molar-refractivity contribution >= 4 is 12.0 Å². The molecule has 3 heteroatoms. The maximum absolute atomic E-state index is 12.8. The largest absolute Gasteiger partial charge is 0.346 e. The van der Waals surface area contributed by atoms with Crippen molar-refractivity contribution in [3.63, 3.8) is 0 Å². The van der Waals surface area contributed by atoms with E-state index < -0.39 is 0 Å². The molecule has 2 nitrogen and oxygen atoms in total. The summed E-state index contributed by atoms with van der Waals surface area (Å²) in [4.78, 5) is 11.9. The Morgan fingerprint density at radius 3 is 2.36 bits per heavy atom. The van der Waals surface area contributed by atoms with E-state index in [-0.39, 0.29) is 17.8 Å². The van der Waals surface area contributed by atoms with E-state index in [0.29, 0.717) is 0 Å². The summed E-state index contributed by atoms with van der Waals surface area (Å²) in [7, 11) is 0. The first-order valence-electron chi connectivity index (χ1n) is 7.41. The monoisotopic (exact) mass is 297 g/mol. The Bertz CT molecular complexity index is 644. The van der Waals surface area contributed by atoms with Crippen LogP contribution in [-0.2, 0) is 11.2 Å². The minimum absolute atomic E-state index is 0.0590. The van der Waals surface area contributed by atoms with E-state index in [2.05, 4.69) is 24.4 Å². The van der Waals surface area contributed by atoms with Gasteiger partial charge in [-0.2, -0.15) is 0 Å². The molecule has 0 spiro atoms. The molecule has 1 unspecified atom stereocenters. The van der Waals surface area contributed by atoms with Gasteiger partial charge < -0.3 is 5.32 Å². The minimum atomic E-state index is -0.286. The van der Waals surface area contributed by atoms with Gasteiger partial charge in [0.2, 0.25) is 5.91 Å². The Balaban J connectivity index is 1.94. The first-order valence-corrected chi connectivity index (χ1v) is 7.41. The zero-order valence-corrected chi connectivity index (χ0v) is 12.8. The molecule has 0 fully saturated rings. The third-order valence-electron chi connectivity index (χ3n) is 3.54. The number of halogens is 1. The molecule has 22 heavy (non-hydrogen) atoms. The predicted octanol–water partition coefficient (Wildman–Crippen LogP) is 4.28. The summed E-state index contributed by atoms with van der Waals surface area (Å²) in [6.45, 7) is 4.06. The zero-order valence-electron chi connectivity index (χ0n) is 12.8. The van der Waals surface area contributed by atoms with Gasteiger partial charge in [-0.3, -0.25) is 4.79 Å². The normalized spacial score (nSPS) is 12.3. The standard InChI is InChI=1S/C19H20FNO/c1-3-15-4-9-17(10-5-15)14(2)21-19(22)13-8-16-6-11-18(20)12-7-16/h4-14H,3H2,1-2H3,(H,21,22)/b13-8+. The number of nitrogens with one attached hydrogen (secondary N) is 1. The number of carbonyl (C=O) groups is 1. The van der Waals surface area contributed by atoms with Crippen LogP contribution < -0.4 is 5.32 Å². The summed E-state index contributed by atoms with van der Waals surface area (Å²) in [5.74, 6) is -0.456. The van der Waals surface area contributed by atoms with Crippen LogP contribution in [0, 0.1) is 5.82 Å². The fraction of sp³-hybridized carbons (Fsp3) is 0.211. The van der Waals surface area contributed by atoms with Gasteiger partial charge in [-0.25, -0.2) is 4.39 Å². The Morgan fingerprint density at radius 1 is 1.14 bits per heavy atom. The topological polar surface area (TPSA) is 29.1 Å². The third kappa shape index (κ3) is 4.55. The SMILES string of the molecule is CCc1ccc(C(C)NC(=O)/C=C/c2ccc(F)cc2)cc1. The molecule has 0 saturated heterocycles. The molecule has 1 atom stereocenters. The number of amides is 1. The number of carbonyl (C=O) groups excluding carboxylic acids is 1. The Hall–Kier alpha value is -2.42. The molecule has 1 amide bonds. The molecule has 0 aliphatic carbocycles. The highest BCUT2D eigenvalue weighted by molar-refractivity contribution is 5.91. The first kappa shape index (κ1) is 16.0. The van der Waals surface area contributed by atoms with Crippen molar-refractivity contribution in [2.24, 2.45) is 0 Å². The van der Waals surface area contributed by atoms with E-state index in [4.69, 9.17) is 0 Å². The summed E-state index contributed by atoms with van der Waals surface area (Å²) in [6, 6.07) is 14.2. The van der Waals surface area contributed by atoms with Crippen LogP contribution in [0.3, 0.4) is 0 Å². The molecule has 2 rings (SSSR count). The summed E-state index contributed by atoms with van der Waals surface area (Å²) >= 11 is 0. The van der Waals surface area contributed by atoms with Crippen LogP contribution in [-0.4, -0.2) is 5.91 Å². The Morgan fingerprint density at radius 2 is 1.77 bits per heavy atom. The third-order valence-corrected chi connectivity index (χ3v) is 3.54. The highest BCUT2D eigenvalue weighted by Gasteiger charge is 2.07. The predicted molar refractivity (Wildman–Crippen MR) is 87.8 cm³/mol. The second-order valence-electron chi connectivity index (χ2n) is 5.21. The quantitative estimate of drug-likeness (QED) is 0.820. The van der Waals surface area contributed by atoms with Crippen molar-refractivity contribution in [2.45, 2.75) is 26.3 Å². The lowest BCUT2D eigenvalue weighted by Crippen LogP contribution is -2.24. The second kappa shape index (κ2) is 7.55.